The molecule has 2 aromatic heterocycles. The van der Waals surface area contributed by atoms with Crippen LogP contribution in [0.2, 0.25) is 0 Å². The smallest absolute Gasteiger partial charge is 0.266 e. The number of H-pyrrole nitrogens is 1. The van der Waals surface area contributed by atoms with Gasteiger partial charge in [-0.15, -0.1) is 11.3 Å². The highest BCUT2D eigenvalue weighted by Gasteiger charge is 2.17. The van der Waals surface area contributed by atoms with Gasteiger partial charge in [0.2, 0.25) is 0 Å². The molecule has 2 atom stereocenters. The van der Waals surface area contributed by atoms with Gasteiger partial charge in [0.15, 0.2) is 0 Å². The summed E-state index contributed by atoms with van der Waals surface area (Å²) in [6, 6.07) is 11.2. The van der Waals surface area contributed by atoms with Crippen LogP contribution in [0.15, 0.2) is 46.6 Å². The first-order valence-electron chi connectivity index (χ1n) is 9.05. The van der Waals surface area contributed by atoms with E-state index in [-0.39, 0.29) is 17.2 Å². The summed E-state index contributed by atoms with van der Waals surface area (Å²) in [5.74, 6) is 0.156. The Hall–Kier alpha value is -2.52. The van der Waals surface area contributed by atoms with Crippen LogP contribution in [0.25, 0.3) is 32.1 Å². The van der Waals surface area contributed by atoms with E-state index in [0.717, 1.165) is 27.5 Å². The minimum Gasteiger partial charge on any atom is -0.760 e. The van der Waals surface area contributed by atoms with Crippen LogP contribution in [0.5, 0.6) is 5.75 Å². The number of thiophene rings is 1. The standard InChI is InChI=1S/C21H20N2O4S2/c1-11-9-16(24)17(18-15-7-8-28-20(15)21(25)23-19(11)18)14-5-3-13(4-6-14)12(2)10-22-29(26)27/h3-9,12,22,24H,10H2,1-2H3,(H,23,25)(H,26,27)/p-1. The quantitative estimate of drug-likeness (QED) is 0.420. The summed E-state index contributed by atoms with van der Waals surface area (Å²) in [6.07, 6.45) is 0. The molecule has 0 spiro atoms. The van der Waals surface area contributed by atoms with Gasteiger partial charge in [0, 0.05) is 34.1 Å². The molecule has 29 heavy (non-hydrogen) atoms. The van der Waals surface area contributed by atoms with Crippen molar-refractivity contribution in [1.29, 1.82) is 0 Å². The van der Waals surface area contributed by atoms with Crippen LogP contribution in [0.3, 0.4) is 0 Å². The van der Waals surface area contributed by atoms with Crippen LogP contribution in [-0.4, -0.2) is 25.4 Å². The highest BCUT2D eigenvalue weighted by atomic mass is 32.2. The van der Waals surface area contributed by atoms with Crippen molar-refractivity contribution in [2.45, 2.75) is 19.8 Å². The molecule has 6 nitrogen and oxygen atoms in total. The highest BCUT2D eigenvalue weighted by Crippen LogP contribution is 2.41. The zero-order valence-electron chi connectivity index (χ0n) is 15.8. The molecule has 0 saturated carbocycles. The molecule has 3 N–H and O–H groups in total. The number of aromatic hydroxyl groups is 1. The van der Waals surface area contributed by atoms with E-state index in [1.54, 1.807) is 6.07 Å². The first kappa shape index (κ1) is 19.8. The maximum atomic E-state index is 12.4. The Labute approximate surface area is 173 Å². The van der Waals surface area contributed by atoms with Gasteiger partial charge in [-0.25, -0.2) is 4.72 Å². The number of phenolic OH excluding ortho intramolecular Hbond substituents is 1. The van der Waals surface area contributed by atoms with Crippen molar-refractivity contribution in [3.63, 3.8) is 0 Å². The Morgan fingerprint density at radius 3 is 2.69 bits per heavy atom. The van der Waals surface area contributed by atoms with Crippen molar-refractivity contribution in [3.8, 4) is 16.9 Å². The van der Waals surface area contributed by atoms with Crippen molar-refractivity contribution < 1.29 is 13.9 Å². The second-order valence-corrected chi connectivity index (χ2v) is 8.74. The SMILES string of the molecule is Cc1cc(O)c(-c2ccc(C(C)CNS(=O)[O-])cc2)c2c1[nH]c(=O)c1sccc12. The minimum atomic E-state index is -2.29. The van der Waals surface area contributed by atoms with E-state index in [2.05, 4.69) is 9.71 Å². The zero-order valence-corrected chi connectivity index (χ0v) is 17.4. The molecule has 0 aliphatic carbocycles. The Balaban J connectivity index is 1.87. The topological polar surface area (TPSA) is 105 Å². The van der Waals surface area contributed by atoms with Crippen LogP contribution >= 0.6 is 11.3 Å². The normalized spacial score (nSPS) is 13.8. The average molecular weight is 428 g/mol. The van der Waals surface area contributed by atoms with Crippen LogP contribution in [0, 0.1) is 6.92 Å². The van der Waals surface area contributed by atoms with E-state index >= 15 is 0 Å². The van der Waals surface area contributed by atoms with Gasteiger partial charge in [-0.1, -0.05) is 31.2 Å². The molecular formula is C21H19N2O4S2-. The lowest BCUT2D eigenvalue weighted by molar-refractivity contribution is 0.477. The number of hydrogen-bond acceptors (Lipinski definition) is 5. The fraction of sp³-hybridized carbons (Fsp3) is 0.190. The van der Waals surface area contributed by atoms with E-state index in [9.17, 15) is 18.7 Å². The summed E-state index contributed by atoms with van der Waals surface area (Å²) in [7, 11) is 0. The second-order valence-electron chi connectivity index (χ2n) is 7.06. The van der Waals surface area contributed by atoms with Crippen molar-refractivity contribution >= 4 is 43.6 Å². The summed E-state index contributed by atoms with van der Waals surface area (Å²) in [5.41, 5.74) is 3.86. The molecule has 4 aromatic rings. The van der Waals surface area contributed by atoms with Gasteiger partial charge in [-0.3, -0.25) is 9.00 Å². The molecule has 8 heteroatoms. The number of phenols is 1. The second kappa shape index (κ2) is 7.72. The number of nitrogens with one attached hydrogen (secondary N) is 2. The predicted molar refractivity (Wildman–Crippen MR) is 117 cm³/mol. The summed E-state index contributed by atoms with van der Waals surface area (Å²) >= 11 is -0.912. The third-order valence-corrected chi connectivity index (χ3v) is 6.47. The van der Waals surface area contributed by atoms with Gasteiger partial charge < -0.3 is 14.6 Å². The van der Waals surface area contributed by atoms with Crippen LogP contribution < -0.4 is 10.3 Å². The van der Waals surface area contributed by atoms with Crippen molar-refractivity contribution in [2.24, 2.45) is 0 Å². The molecule has 0 bridgehead atoms. The van der Waals surface area contributed by atoms with E-state index in [1.165, 1.54) is 11.3 Å². The predicted octanol–water partition coefficient (Wildman–Crippen LogP) is 3.91. The van der Waals surface area contributed by atoms with Crippen molar-refractivity contribution in [3.05, 3.63) is 63.3 Å². The molecular weight excluding hydrogens is 408 g/mol. The third kappa shape index (κ3) is 3.60. The fourth-order valence-electron chi connectivity index (χ4n) is 3.66. The van der Waals surface area contributed by atoms with Crippen LogP contribution in [0.1, 0.15) is 24.0 Å². The molecule has 150 valence electrons. The van der Waals surface area contributed by atoms with Gasteiger partial charge in [0.25, 0.3) is 5.56 Å². The fourth-order valence-corrected chi connectivity index (χ4v) is 4.85. The summed E-state index contributed by atoms with van der Waals surface area (Å²) in [4.78, 5) is 15.4. The Bertz CT molecular complexity index is 1290. The minimum absolute atomic E-state index is 0.00486. The van der Waals surface area contributed by atoms with E-state index in [1.807, 2.05) is 49.6 Å². The first-order valence-corrected chi connectivity index (χ1v) is 11.0. The Kier molecular flexibility index (Phi) is 5.26. The third-order valence-electron chi connectivity index (χ3n) is 5.16. The molecule has 0 saturated heterocycles. The number of pyridine rings is 1. The average Bonchev–Trinajstić information content (AvgIpc) is 3.18. The Morgan fingerprint density at radius 2 is 2.00 bits per heavy atom. The lowest BCUT2D eigenvalue weighted by Gasteiger charge is -2.16. The molecule has 0 aliphatic heterocycles. The molecule has 4 rings (SSSR count). The first-order chi connectivity index (χ1) is 13.9. The lowest BCUT2D eigenvalue weighted by Crippen LogP contribution is -2.21. The van der Waals surface area contributed by atoms with Crippen molar-refractivity contribution in [1.82, 2.24) is 9.71 Å². The molecule has 2 aromatic carbocycles. The number of aromatic nitrogens is 1. The molecule has 0 fully saturated rings. The summed E-state index contributed by atoms with van der Waals surface area (Å²) in [5, 5.41) is 14.3. The van der Waals surface area contributed by atoms with Gasteiger partial charge in [0.05, 0.1) is 5.52 Å². The van der Waals surface area contributed by atoms with E-state index in [4.69, 9.17) is 0 Å². The summed E-state index contributed by atoms with van der Waals surface area (Å²) in [6.45, 7) is 4.11. The monoisotopic (exact) mass is 427 g/mol. The maximum absolute atomic E-state index is 12.4. The number of benzene rings is 2. The Morgan fingerprint density at radius 1 is 1.28 bits per heavy atom. The highest BCUT2D eigenvalue weighted by molar-refractivity contribution is 7.77. The zero-order chi connectivity index (χ0) is 20.7. The number of hydrogen-bond donors (Lipinski definition) is 3. The number of aryl methyl sites for hydroxylation is 1. The molecule has 0 radical (unpaired) electrons. The number of rotatable bonds is 5. The maximum Gasteiger partial charge on any atom is 0.266 e. The molecule has 2 unspecified atom stereocenters. The van der Waals surface area contributed by atoms with Crippen LogP contribution in [0.4, 0.5) is 0 Å². The van der Waals surface area contributed by atoms with Gasteiger partial charge in [0.1, 0.15) is 10.4 Å². The lowest BCUT2D eigenvalue weighted by atomic mass is 9.93. The van der Waals surface area contributed by atoms with Crippen LogP contribution in [-0.2, 0) is 11.3 Å². The van der Waals surface area contributed by atoms with E-state index in [0.29, 0.717) is 22.3 Å². The van der Waals surface area contributed by atoms with Crippen molar-refractivity contribution in [2.75, 3.05) is 6.54 Å². The molecule has 0 aliphatic rings. The summed E-state index contributed by atoms with van der Waals surface area (Å²) < 4.78 is 24.4. The van der Waals surface area contributed by atoms with E-state index < -0.39 is 11.3 Å². The molecule has 0 amide bonds. The number of aromatic amines is 1. The van der Waals surface area contributed by atoms with Gasteiger partial charge >= 0.3 is 0 Å². The van der Waals surface area contributed by atoms with Gasteiger partial charge in [-0.05, 0) is 47.0 Å². The largest absolute Gasteiger partial charge is 0.760 e. The number of fused-ring (bicyclic) bond motifs is 3. The molecule has 2 heterocycles. The van der Waals surface area contributed by atoms with Gasteiger partial charge in [-0.2, -0.15) is 0 Å².